The van der Waals surface area contributed by atoms with Crippen LogP contribution in [0.4, 0.5) is 4.79 Å². The SMILES string of the molecule is CCCNC(=O)NCC(C)(CC(=O)O)C(=O)O. The van der Waals surface area contributed by atoms with E-state index in [1.807, 2.05) is 6.92 Å². The predicted molar refractivity (Wildman–Crippen MR) is 59.7 cm³/mol. The van der Waals surface area contributed by atoms with Crippen molar-refractivity contribution in [3.8, 4) is 0 Å². The van der Waals surface area contributed by atoms with Crippen LogP contribution in [0.15, 0.2) is 0 Å². The average molecular weight is 246 g/mol. The summed E-state index contributed by atoms with van der Waals surface area (Å²) >= 11 is 0. The first-order chi connectivity index (χ1) is 7.81. The second kappa shape index (κ2) is 6.72. The van der Waals surface area contributed by atoms with Crippen molar-refractivity contribution < 1.29 is 24.6 Å². The van der Waals surface area contributed by atoms with Crippen LogP contribution in [0, 0.1) is 5.41 Å². The van der Waals surface area contributed by atoms with Crippen LogP contribution >= 0.6 is 0 Å². The minimum Gasteiger partial charge on any atom is -0.481 e. The highest BCUT2D eigenvalue weighted by Gasteiger charge is 2.36. The molecule has 4 N–H and O–H groups in total. The van der Waals surface area contributed by atoms with Crippen molar-refractivity contribution in [2.45, 2.75) is 26.7 Å². The Hall–Kier alpha value is -1.79. The van der Waals surface area contributed by atoms with Gasteiger partial charge in [-0.3, -0.25) is 9.59 Å². The van der Waals surface area contributed by atoms with E-state index in [9.17, 15) is 14.4 Å². The Morgan fingerprint density at radius 3 is 2.18 bits per heavy atom. The maximum absolute atomic E-state index is 11.2. The first-order valence-electron chi connectivity index (χ1n) is 5.28. The van der Waals surface area contributed by atoms with E-state index in [1.165, 1.54) is 6.92 Å². The second-order valence-electron chi connectivity index (χ2n) is 4.05. The summed E-state index contributed by atoms with van der Waals surface area (Å²) in [6.07, 6.45) is 0.217. The van der Waals surface area contributed by atoms with Crippen LogP contribution in [-0.4, -0.2) is 41.3 Å². The number of rotatable bonds is 7. The van der Waals surface area contributed by atoms with Gasteiger partial charge in [-0.1, -0.05) is 6.92 Å². The summed E-state index contributed by atoms with van der Waals surface area (Å²) < 4.78 is 0. The lowest BCUT2D eigenvalue weighted by Gasteiger charge is -2.23. The molecule has 0 saturated heterocycles. The Labute approximate surface area is 99.2 Å². The lowest BCUT2D eigenvalue weighted by atomic mass is 9.87. The third-order valence-electron chi connectivity index (χ3n) is 2.23. The van der Waals surface area contributed by atoms with E-state index in [1.54, 1.807) is 0 Å². The summed E-state index contributed by atoms with van der Waals surface area (Å²) in [6.45, 7) is 3.41. The molecule has 98 valence electrons. The van der Waals surface area contributed by atoms with Gasteiger partial charge in [0.2, 0.25) is 0 Å². The molecular weight excluding hydrogens is 228 g/mol. The second-order valence-corrected chi connectivity index (χ2v) is 4.05. The number of carbonyl (C=O) groups is 3. The molecule has 0 aromatic carbocycles. The molecule has 0 aliphatic rings. The topological polar surface area (TPSA) is 116 Å². The molecule has 0 spiro atoms. The summed E-state index contributed by atoms with van der Waals surface area (Å²) in [5.74, 6) is -2.47. The molecule has 1 atom stereocenters. The van der Waals surface area contributed by atoms with Gasteiger partial charge in [0.15, 0.2) is 0 Å². The zero-order valence-electron chi connectivity index (χ0n) is 9.95. The third-order valence-corrected chi connectivity index (χ3v) is 2.23. The fourth-order valence-electron chi connectivity index (χ4n) is 1.12. The normalized spacial score (nSPS) is 13.5. The van der Waals surface area contributed by atoms with Gasteiger partial charge < -0.3 is 20.8 Å². The zero-order chi connectivity index (χ0) is 13.5. The fourth-order valence-corrected chi connectivity index (χ4v) is 1.12. The summed E-state index contributed by atoms with van der Waals surface area (Å²) in [6, 6.07) is -0.496. The standard InChI is InChI=1S/C10H18N2O5/c1-3-4-11-9(17)12-6-10(2,8(15)16)5-7(13)14/h3-6H2,1-2H3,(H,13,14)(H,15,16)(H2,11,12,17). The molecule has 1 unspecified atom stereocenters. The van der Waals surface area contributed by atoms with E-state index >= 15 is 0 Å². The van der Waals surface area contributed by atoms with Gasteiger partial charge in [0.05, 0.1) is 11.8 Å². The van der Waals surface area contributed by atoms with Gasteiger partial charge >= 0.3 is 18.0 Å². The molecule has 0 saturated carbocycles. The molecule has 0 aliphatic carbocycles. The largest absolute Gasteiger partial charge is 0.481 e. The number of hydrogen-bond donors (Lipinski definition) is 4. The lowest BCUT2D eigenvalue weighted by molar-refractivity contribution is -0.154. The van der Waals surface area contributed by atoms with Crippen LogP contribution in [0.25, 0.3) is 0 Å². The molecule has 0 heterocycles. The smallest absolute Gasteiger partial charge is 0.314 e. The van der Waals surface area contributed by atoms with Crippen molar-refractivity contribution >= 4 is 18.0 Å². The van der Waals surface area contributed by atoms with Crippen molar-refractivity contribution in [3.05, 3.63) is 0 Å². The van der Waals surface area contributed by atoms with Gasteiger partial charge in [-0.05, 0) is 13.3 Å². The molecule has 7 heteroatoms. The molecule has 0 rings (SSSR count). The number of carboxylic acid groups (broad SMARTS) is 2. The number of amides is 2. The van der Waals surface area contributed by atoms with Crippen molar-refractivity contribution in [1.29, 1.82) is 0 Å². The van der Waals surface area contributed by atoms with Gasteiger partial charge in [-0.15, -0.1) is 0 Å². The number of nitrogens with one attached hydrogen (secondary N) is 2. The van der Waals surface area contributed by atoms with Gasteiger partial charge in [-0.2, -0.15) is 0 Å². The molecule has 17 heavy (non-hydrogen) atoms. The van der Waals surface area contributed by atoms with Gasteiger partial charge in [-0.25, -0.2) is 4.79 Å². The van der Waals surface area contributed by atoms with E-state index in [0.29, 0.717) is 6.54 Å². The van der Waals surface area contributed by atoms with Crippen LogP contribution in [0.1, 0.15) is 26.7 Å². The van der Waals surface area contributed by atoms with Crippen LogP contribution in [0.5, 0.6) is 0 Å². The van der Waals surface area contributed by atoms with Crippen molar-refractivity contribution in [3.63, 3.8) is 0 Å². The van der Waals surface area contributed by atoms with Gasteiger partial charge in [0.1, 0.15) is 0 Å². The third kappa shape index (κ3) is 5.74. The molecule has 2 amide bonds. The average Bonchev–Trinajstić information content (AvgIpc) is 2.22. The molecular formula is C10H18N2O5. The van der Waals surface area contributed by atoms with E-state index in [4.69, 9.17) is 10.2 Å². The van der Waals surface area contributed by atoms with Crippen LogP contribution < -0.4 is 10.6 Å². The molecule has 0 radical (unpaired) electrons. The van der Waals surface area contributed by atoms with Gasteiger partial charge in [0.25, 0.3) is 0 Å². The Bertz CT molecular complexity index is 305. The Balaban J connectivity index is 4.32. The minimum absolute atomic E-state index is 0.232. The number of aliphatic carboxylic acids is 2. The van der Waals surface area contributed by atoms with Crippen molar-refractivity contribution in [2.24, 2.45) is 5.41 Å². The maximum atomic E-state index is 11.2. The molecule has 0 aliphatic heterocycles. The van der Waals surface area contributed by atoms with Crippen LogP contribution in [0.2, 0.25) is 0 Å². The highest BCUT2D eigenvalue weighted by molar-refractivity contribution is 5.82. The van der Waals surface area contributed by atoms with Crippen molar-refractivity contribution in [2.75, 3.05) is 13.1 Å². The summed E-state index contributed by atoms with van der Waals surface area (Å²) in [7, 11) is 0. The predicted octanol–water partition coefficient (Wildman–Crippen LogP) is 0.261. The highest BCUT2D eigenvalue weighted by atomic mass is 16.4. The summed E-state index contributed by atoms with van der Waals surface area (Å²) in [4.78, 5) is 32.7. The fraction of sp³-hybridized carbons (Fsp3) is 0.700. The number of urea groups is 1. The molecule has 0 aromatic heterocycles. The molecule has 0 fully saturated rings. The Morgan fingerprint density at radius 1 is 1.18 bits per heavy atom. The van der Waals surface area contributed by atoms with E-state index < -0.39 is 29.8 Å². The Kier molecular flexibility index (Phi) is 6.01. The molecule has 7 nitrogen and oxygen atoms in total. The quantitative estimate of drug-likeness (QED) is 0.514. The van der Waals surface area contributed by atoms with Gasteiger partial charge in [0, 0.05) is 13.1 Å². The number of carbonyl (C=O) groups excluding carboxylic acids is 1. The molecule has 0 aromatic rings. The Morgan fingerprint density at radius 2 is 1.76 bits per heavy atom. The summed E-state index contributed by atoms with van der Waals surface area (Å²) in [5, 5.41) is 22.4. The highest BCUT2D eigenvalue weighted by Crippen LogP contribution is 2.20. The van der Waals surface area contributed by atoms with E-state index in [0.717, 1.165) is 6.42 Å². The van der Waals surface area contributed by atoms with E-state index in [2.05, 4.69) is 10.6 Å². The number of carboxylic acids is 2. The zero-order valence-corrected chi connectivity index (χ0v) is 9.95. The lowest BCUT2D eigenvalue weighted by Crippen LogP contribution is -2.45. The maximum Gasteiger partial charge on any atom is 0.314 e. The summed E-state index contributed by atoms with van der Waals surface area (Å²) in [5.41, 5.74) is -1.50. The number of hydrogen-bond acceptors (Lipinski definition) is 3. The van der Waals surface area contributed by atoms with Crippen molar-refractivity contribution in [1.82, 2.24) is 10.6 Å². The first-order valence-corrected chi connectivity index (χ1v) is 5.28. The van der Waals surface area contributed by atoms with Crippen LogP contribution in [-0.2, 0) is 9.59 Å². The minimum atomic E-state index is -1.50. The first kappa shape index (κ1) is 15.2. The molecule has 0 bridgehead atoms. The van der Waals surface area contributed by atoms with Crippen LogP contribution in [0.3, 0.4) is 0 Å². The monoisotopic (exact) mass is 246 g/mol. The van der Waals surface area contributed by atoms with E-state index in [-0.39, 0.29) is 6.54 Å².